The van der Waals surface area contributed by atoms with Crippen molar-refractivity contribution in [3.05, 3.63) is 62.7 Å². The van der Waals surface area contributed by atoms with Gasteiger partial charge in [0.2, 0.25) is 5.91 Å². The first-order valence-corrected chi connectivity index (χ1v) is 9.96. The minimum atomic E-state index is -0.677. The van der Waals surface area contributed by atoms with E-state index >= 15 is 0 Å². The van der Waals surface area contributed by atoms with Crippen molar-refractivity contribution in [2.75, 3.05) is 0 Å². The maximum absolute atomic E-state index is 13.1. The molecule has 1 amide bonds. The molecule has 0 saturated carbocycles. The topological polar surface area (TPSA) is 64.0 Å². The van der Waals surface area contributed by atoms with Crippen molar-refractivity contribution < 1.29 is 4.79 Å². The van der Waals surface area contributed by atoms with Crippen LogP contribution in [-0.2, 0) is 11.3 Å². The summed E-state index contributed by atoms with van der Waals surface area (Å²) >= 11 is 3.15. The normalized spacial score (nSPS) is 12.5. The Morgan fingerprint density at radius 2 is 2.08 bits per heavy atom. The minimum Gasteiger partial charge on any atom is -0.349 e. The van der Waals surface area contributed by atoms with Crippen LogP contribution in [0.1, 0.15) is 23.5 Å². The lowest BCUT2D eigenvalue weighted by Crippen LogP contribution is -2.37. The molecule has 1 unspecified atom stereocenters. The summed E-state index contributed by atoms with van der Waals surface area (Å²) in [5, 5.41) is 10.8. The molecule has 1 aromatic carbocycles. The Morgan fingerprint density at radius 3 is 2.85 bits per heavy atom. The molecule has 7 heteroatoms. The van der Waals surface area contributed by atoms with Crippen molar-refractivity contribution in [3.8, 4) is 0 Å². The van der Waals surface area contributed by atoms with E-state index in [9.17, 15) is 9.59 Å². The molecule has 3 heterocycles. The number of nitrogens with one attached hydrogen (secondary N) is 1. The number of amides is 1. The van der Waals surface area contributed by atoms with E-state index in [1.165, 1.54) is 4.68 Å². The molecule has 5 nitrogen and oxygen atoms in total. The molecule has 0 aliphatic rings. The number of thiophene rings is 2. The molecule has 4 rings (SSSR count). The summed E-state index contributed by atoms with van der Waals surface area (Å²) in [5.41, 5.74) is 0.542. The second-order valence-electron chi connectivity index (χ2n) is 6.11. The maximum atomic E-state index is 13.1. The molecule has 0 saturated heterocycles. The van der Waals surface area contributed by atoms with Crippen LogP contribution in [-0.4, -0.2) is 15.7 Å². The van der Waals surface area contributed by atoms with Gasteiger partial charge in [-0.05, 0) is 31.4 Å². The van der Waals surface area contributed by atoms with Gasteiger partial charge in [-0.1, -0.05) is 24.3 Å². The predicted octanol–water partition coefficient (Wildman–Crippen LogP) is 3.86. The molecule has 132 valence electrons. The number of aryl methyl sites for hydroxylation is 1. The van der Waals surface area contributed by atoms with E-state index in [1.54, 1.807) is 29.6 Å². The lowest BCUT2D eigenvalue weighted by molar-refractivity contribution is -0.124. The van der Waals surface area contributed by atoms with Gasteiger partial charge in [-0.2, -0.15) is 5.10 Å². The molecule has 0 aliphatic carbocycles. The van der Waals surface area contributed by atoms with Crippen molar-refractivity contribution in [1.29, 1.82) is 0 Å². The summed E-state index contributed by atoms with van der Waals surface area (Å²) < 4.78 is 3.25. The number of fused-ring (bicyclic) bond motifs is 3. The first-order chi connectivity index (χ1) is 12.6. The van der Waals surface area contributed by atoms with E-state index in [2.05, 4.69) is 10.4 Å². The zero-order valence-corrected chi connectivity index (χ0v) is 16.0. The van der Waals surface area contributed by atoms with E-state index < -0.39 is 6.04 Å². The Bertz CT molecular complexity index is 1160. The average molecular weight is 383 g/mol. The van der Waals surface area contributed by atoms with Crippen LogP contribution in [0.4, 0.5) is 0 Å². The fraction of sp³-hybridized carbons (Fsp3) is 0.211. The Hall–Kier alpha value is -2.51. The van der Waals surface area contributed by atoms with Gasteiger partial charge in [0.15, 0.2) is 0 Å². The molecule has 0 fully saturated rings. The first-order valence-electron chi connectivity index (χ1n) is 8.27. The zero-order chi connectivity index (χ0) is 18.3. The van der Waals surface area contributed by atoms with Crippen LogP contribution in [0.2, 0.25) is 0 Å². The third kappa shape index (κ3) is 2.83. The summed E-state index contributed by atoms with van der Waals surface area (Å²) in [4.78, 5) is 26.7. The number of rotatable bonds is 4. The fourth-order valence-electron chi connectivity index (χ4n) is 2.99. The Balaban J connectivity index is 1.73. The molecular formula is C19H17N3O2S2. The van der Waals surface area contributed by atoms with Gasteiger partial charge in [0.05, 0.1) is 22.3 Å². The van der Waals surface area contributed by atoms with Crippen LogP contribution in [0.3, 0.4) is 0 Å². The monoisotopic (exact) mass is 383 g/mol. The lowest BCUT2D eigenvalue weighted by atomic mass is 10.2. The van der Waals surface area contributed by atoms with E-state index in [0.717, 1.165) is 25.4 Å². The van der Waals surface area contributed by atoms with Crippen molar-refractivity contribution in [1.82, 2.24) is 15.1 Å². The van der Waals surface area contributed by atoms with E-state index in [4.69, 9.17) is 0 Å². The summed E-state index contributed by atoms with van der Waals surface area (Å²) in [6, 6.07) is 11.1. The van der Waals surface area contributed by atoms with Crippen LogP contribution in [0.15, 0.2) is 46.6 Å². The summed E-state index contributed by atoms with van der Waals surface area (Å²) in [6.45, 7) is 4.04. The quantitative estimate of drug-likeness (QED) is 0.582. The van der Waals surface area contributed by atoms with Crippen LogP contribution in [0.25, 0.3) is 20.2 Å². The van der Waals surface area contributed by atoms with Gasteiger partial charge in [0.1, 0.15) is 6.04 Å². The molecule has 1 atom stereocenters. The minimum absolute atomic E-state index is 0.216. The SMILES string of the molecule is Cc1nn(C(C)C(=O)NCc2cccs2)c(=O)c2c1sc1ccccc12. The number of carbonyl (C=O) groups excluding carboxylic acids is 1. The van der Waals surface area contributed by atoms with Crippen LogP contribution in [0.5, 0.6) is 0 Å². The third-order valence-corrected chi connectivity index (χ3v) is 6.52. The molecule has 4 aromatic rings. The van der Waals surface area contributed by atoms with E-state index in [-0.39, 0.29) is 11.5 Å². The molecule has 0 aliphatic heterocycles. The maximum Gasteiger partial charge on any atom is 0.276 e. The largest absolute Gasteiger partial charge is 0.349 e. The standard InChI is InChI=1S/C19H17N3O2S2/c1-11-17-16(14-7-3-4-8-15(14)26-17)19(24)22(21-11)12(2)18(23)20-10-13-6-5-9-25-13/h3-9,12H,10H2,1-2H3,(H,20,23). The fourth-order valence-corrected chi connectivity index (χ4v) is 4.77. The molecule has 0 spiro atoms. The first kappa shape index (κ1) is 16.9. The van der Waals surface area contributed by atoms with Crippen molar-refractivity contribution in [2.24, 2.45) is 0 Å². The highest BCUT2D eigenvalue weighted by Crippen LogP contribution is 2.32. The molecule has 0 bridgehead atoms. The Labute approximate surface area is 157 Å². The number of carbonyl (C=O) groups is 1. The molecule has 1 N–H and O–H groups in total. The smallest absolute Gasteiger partial charge is 0.276 e. The van der Waals surface area contributed by atoms with Crippen LogP contribution < -0.4 is 10.9 Å². The van der Waals surface area contributed by atoms with Crippen molar-refractivity contribution >= 4 is 48.8 Å². The second kappa shape index (κ2) is 6.66. The number of hydrogen-bond acceptors (Lipinski definition) is 5. The van der Waals surface area contributed by atoms with E-state index in [1.807, 2.05) is 48.7 Å². The van der Waals surface area contributed by atoms with Gasteiger partial charge >= 0.3 is 0 Å². The summed E-state index contributed by atoms with van der Waals surface area (Å²) in [7, 11) is 0. The van der Waals surface area contributed by atoms with Gasteiger partial charge < -0.3 is 5.32 Å². The van der Waals surface area contributed by atoms with Gasteiger partial charge in [0.25, 0.3) is 5.56 Å². The molecular weight excluding hydrogens is 366 g/mol. The summed E-state index contributed by atoms with van der Waals surface area (Å²) in [5.74, 6) is -0.216. The predicted molar refractivity (Wildman–Crippen MR) is 107 cm³/mol. The number of aromatic nitrogens is 2. The van der Waals surface area contributed by atoms with Crippen molar-refractivity contribution in [2.45, 2.75) is 26.4 Å². The average Bonchev–Trinajstić information content (AvgIpc) is 3.29. The zero-order valence-electron chi connectivity index (χ0n) is 14.4. The molecule has 0 radical (unpaired) electrons. The number of hydrogen-bond donors (Lipinski definition) is 1. The van der Waals surface area contributed by atoms with E-state index in [0.29, 0.717) is 11.9 Å². The summed E-state index contributed by atoms with van der Waals surface area (Å²) in [6.07, 6.45) is 0. The molecule has 3 aromatic heterocycles. The third-order valence-electron chi connectivity index (χ3n) is 4.37. The second-order valence-corrected chi connectivity index (χ2v) is 8.20. The highest BCUT2D eigenvalue weighted by atomic mass is 32.1. The lowest BCUT2D eigenvalue weighted by Gasteiger charge is -2.14. The number of nitrogens with zero attached hydrogens (tertiary/aromatic N) is 2. The van der Waals surface area contributed by atoms with Crippen LogP contribution >= 0.6 is 22.7 Å². The Morgan fingerprint density at radius 1 is 1.27 bits per heavy atom. The molecule has 26 heavy (non-hydrogen) atoms. The van der Waals surface area contributed by atoms with Crippen molar-refractivity contribution in [3.63, 3.8) is 0 Å². The van der Waals surface area contributed by atoms with Gasteiger partial charge in [-0.15, -0.1) is 22.7 Å². The van der Waals surface area contributed by atoms with Gasteiger partial charge in [-0.3, -0.25) is 9.59 Å². The van der Waals surface area contributed by atoms with Gasteiger partial charge in [0, 0.05) is 15.0 Å². The highest BCUT2D eigenvalue weighted by Gasteiger charge is 2.21. The Kier molecular flexibility index (Phi) is 4.34. The number of benzene rings is 1. The van der Waals surface area contributed by atoms with Crippen LogP contribution in [0, 0.1) is 6.92 Å². The van der Waals surface area contributed by atoms with Gasteiger partial charge in [-0.25, -0.2) is 4.68 Å². The highest BCUT2D eigenvalue weighted by molar-refractivity contribution is 7.26.